The molecule has 0 radical (unpaired) electrons. The molecule has 1 N–H and O–H groups in total. The molecule has 0 spiro atoms. The number of likely N-dealkylation sites (tertiary alicyclic amines) is 1. The SMILES string of the molecule is CN(C)CCCN1C(=O)C(=O)C(=C(O)c2ccccc2)[C@@H]1c1ccc(C(C)(C)C)cc1. The van der Waals surface area contributed by atoms with Crippen LogP contribution < -0.4 is 0 Å². The molecular formula is C26H32N2O3. The van der Waals surface area contributed by atoms with Gasteiger partial charge in [-0.3, -0.25) is 9.59 Å². The molecule has 1 aliphatic heterocycles. The molecule has 0 bridgehead atoms. The third kappa shape index (κ3) is 4.88. The van der Waals surface area contributed by atoms with Crippen molar-refractivity contribution in [2.24, 2.45) is 0 Å². The van der Waals surface area contributed by atoms with E-state index in [1.54, 1.807) is 29.2 Å². The molecule has 1 heterocycles. The van der Waals surface area contributed by atoms with E-state index < -0.39 is 17.7 Å². The molecule has 1 fully saturated rings. The van der Waals surface area contributed by atoms with Crippen LogP contribution in [0.15, 0.2) is 60.2 Å². The molecule has 1 atom stereocenters. The minimum atomic E-state index is -0.629. The van der Waals surface area contributed by atoms with Crippen molar-refractivity contribution in [1.82, 2.24) is 9.80 Å². The van der Waals surface area contributed by atoms with Crippen LogP contribution in [-0.2, 0) is 15.0 Å². The molecule has 0 aliphatic carbocycles. The van der Waals surface area contributed by atoms with Gasteiger partial charge in [-0.2, -0.15) is 0 Å². The van der Waals surface area contributed by atoms with Gasteiger partial charge in [-0.05, 0) is 43.6 Å². The number of aliphatic hydroxyl groups excluding tert-OH is 1. The molecule has 1 aliphatic rings. The summed E-state index contributed by atoms with van der Waals surface area (Å²) in [7, 11) is 3.96. The Hall–Kier alpha value is -2.92. The summed E-state index contributed by atoms with van der Waals surface area (Å²) in [6.45, 7) is 7.68. The first-order chi connectivity index (χ1) is 14.6. The first-order valence-electron chi connectivity index (χ1n) is 10.7. The molecular weight excluding hydrogens is 388 g/mol. The van der Waals surface area contributed by atoms with E-state index in [4.69, 9.17) is 0 Å². The predicted octanol–water partition coefficient (Wildman–Crippen LogP) is 4.36. The minimum Gasteiger partial charge on any atom is -0.507 e. The maximum atomic E-state index is 13.0. The van der Waals surface area contributed by atoms with Crippen LogP contribution in [0.2, 0.25) is 0 Å². The Balaban J connectivity index is 2.08. The lowest BCUT2D eigenvalue weighted by Crippen LogP contribution is -2.32. The van der Waals surface area contributed by atoms with Crippen molar-refractivity contribution in [1.29, 1.82) is 0 Å². The Bertz CT molecular complexity index is 970. The number of carbonyl (C=O) groups excluding carboxylic acids is 2. The largest absolute Gasteiger partial charge is 0.507 e. The van der Waals surface area contributed by atoms with Crippen molar-refractivity contribution in [3.63, 3.8) is 0 Å². The average Bonchev–Trinajstić information content (AvgIpc) is 2.98. The number of benzene rings is 2. The number of hydrogen-bond donors (Lipinski definition) is 1. The maximum Gasteiger partial charge on any atom is 0.295 e. The van der Waals surface area contributed by atoms with Crippen LogP contribution in [0.25, 0.3) is 5.76 Å². The number of aliphatic hydroxyl groups is 1. The van der Waals surface area contributed by atoms with E-state index in [1.807, 2.05) is 49.3 Å². The summed E-state index contributed by atoms with van der Waals surface area (Å²) in [5.74, 6) is -1.31. The van der Waals surface area contributed by atoms with Crippen LogP contribution in [0.1, 0.15) is 49.9 Å². The zero-order valence-electron chi connectivity index (χ0n) is 19.1. The summed E-state index contributed by atoms with van der Waals surface area (Å²) in [6, 6.07) is 16.3. The van der Waals surface area contributed by atoms with Gasteiger partial charge in [0.15, 0.2) is 0 Å². The first kappa shape index (κ1) is 22.8. The molecule has 1 saturated heterocycles. The van der Waals surface area contributed by atoms with Crippen molar-refractivity contribution in [2.75, 3.05) is 27.2 Å². The van der Waals surface area contributed by atoms with Crippen molar-refractivity contribution < 1.29 is 14.7 Å². The van der Waals surface area contributed by atoms with E-state index in [0.29, 0.717) is 12.1 Å². The Morgan fingerprint density at radius 1 is 1.00 bits per heavy atom. The van der Waals surface area contributed by atoms with Crippen LogP contribution in [-0.4, -0.2) is 53.8 Å². The quantitative estimate of drug-likeness (QED) is 0.429. The number of nitrogens with zero attached hydrogens (tertiary/aromatic N) is 2. The fraction of sp³-hybridized carbons (Fsp3) is 0.385. The summed E-state index contributed by atoms with van der Waals surface area (Å²) >= 11 is 0. The molecule has 1 amide bonds. The predicted molar refractivity (Wildman–Crippen MR) is 124 cm³/mol. The number of carbonyl (C=O) groups is 2. The normalized spacial score (nSPS) is 18.8. The van der Waals surface area contributed by atoms with E-state index in [9.17, 15) is 14.7 Å². The highest BCUT2D eigenvalue weighted by atomic mass is 16.3. The van der Waals surface area contributed by atoms with Crippen molar-refractivity contribution >= 4 is 17.4 Å². The molecule has 5 nitrogen and oxygen atoms in total. The zero-order chi connectivity index (χ0) is 22.8. The van der Waals surface area contributed by atoms with Crippen LogP contribution in [0, 0.1) is 0 Å². The number of rotatable bonds is 6. The van der Waals surface area contributed by atoms with Crippen LogP contribution >= 0.6 is 0 Å². The molecule has 164 valence electrons. The third-order valence-electron chi connectivity index (χ3n) is 5.68. The maximum absolute atomic E-state index is 13.0. The van der Waals surface area contributed by atoms with E-state index in [2.05, 4.69) is 20.8 Å². The minimum absolute atomic E-state index is 0.00388. The van der Waals surface area contributed by atoms with E-state index in [0.717, 1.165) is 18.5 Å². The smallest absolute Gasteiger partial charge is 0.295 e. The highest BCUT2D eigenvalue weighted by Crippen LogP contribution is 2.40. The molecule has 0 aromatic heterocycles. The Morgan fingerprint density at radius 3 is 2.16 bits per heavy atom. The van der Waals surface area contributed by atoms with Gasteiger partial charge < -0.3 is 14.9 Å². The number of hydrogen-bond acceptors (Lipinski definition) is 4. The molecule has 0 unspecified atom stereocenters. The molecule has 2 aromatic rings. The van der Waals surface area contributed by atoms with Gasteiger partial charge in [-0.15, -0.1) is 0 Å². The lowest BCUT2D eigenvalue weighted by molar-refractivity contribution is -0.139. The number of Topliss-reactive ketones (excluding diaryl/α,β-unsaturated/α-hetero) is 1. The van der Waals surface area contributed by atoms with Gasteiger partial charge in [0.1, 0.15) is 5.76 Å². The standard InChI is InChI=1S/C26H32N2O3/c1-26(2,3)20-14-12-18(13-15-20)22-21(23(29)19-10-7-6-8-11-19)24(30)25(31)28(22)17-9-16-27(4)5/h6-8,10-15,22,29H,9,16-17H2,1-5H3/t22-/m0/s1. The summed E-state index contributed by atoms with van der Waals surface area (Å²) in [6.07, 6.45) is 0.738. The van der Waals surface area contributed by atoms with Gasteiger partial charge in [0.05, 0.1) is 11.6 Å². The number of ketones is 1. The Kier molecular flexibility index (Phi) is 6.65. The second kappa shape index (κ2) is 9.06. The molecule has 0 saturated carbocycles. The molecule has 3 rings (SSSR count). The second-order valence-electron chi connectivity index (χ2n) is 9.39. The van der Waals surface area contributed by atoms with Gasteiger partial charge in [-0.25, -0.2) is 0 Å². The zero-order valence-corrected chi connectivity index (χ0v) is 19.1. The molecule has 2 aromatic carbocycles. The van der Waals surface area contributed by atoms with Crippen LogP contribution in [0.4, 0.5) is 0 Å². The van der Waals surface area contributed by atoms with Gasteiger partial charge in [0.2, 0.25) is 0 Å². The Morgan fingerprint density at radius 2 is 1.61 bits per heavy atom. The third-order valence-corrected chi connectivity index (χ3v) is 5.68. The van der Waals surface area contributed by atoms with Gasteiger partial charge in [-0.1, -0.05) is 75.4 Å². The Labute approximate surface area is 185 Å². The van der Waals surface area contributed by atoms with Crippen LogP contribution in [0.5, 0.6) is 0 Å². The second-order valence-corrected chi connectivity index (χ2v) is 9.39. The van der Waals surface area contributed by atoms with E-state index in [1.165, 1.54) is 5.56 Å². The fourth-order valence-electron chi connectivity index (χ4n) is 3.93. The lowest BCUT2D eigenvalue weighted by Gasteiger charge is -2.27. The highest BCUT2D eigenvalue weighted by molar-refractivity contribution is 6.46. The monoisotopic (exact) mass is 420 g/mol. The topological polar surface area (TPSA) is 60.9 Å². The van der Waals surface area contributed by atoms with E-state index >= 15 is 0 Å². The molecule has 5 heteroatoms. The van der Waals surface area contributed by atoms with Gasteiger partial charge in [0.25, 0.3) is 11.7 Å². The van der Waals surface area contributed by atoms with Gasteiger partial charge in [0, 0.05) is 12.1 Å². The van der Waals surface area contributed by atoms with Crippen molar-refractivity contribution in [2.45, 2.75) is 38.6 Å². The lowest BCUT2D eigenvalue weighted by atomic mass is 9.85. The summed E-state index contributed by atoms with van der Waals surface area (Å²) in [5, 5.41) is 11.0. The first-order valence-corrected chi connectivity index (χ1v) is 10.7. The number of amides is 1. The summed E-state index contributed by atoms with van der Waals surface area (Å²) < 4.78 is 0. The molecule has 31 heavy (non-hydrogen) atoms. The average molecular weight is 421 g/mol. The summed E-state index contributed by atoms with van der Waals surface area (Å²) in [4.78, 5) is 29.6. The van der Waals surface area contributed by atoms with Crippen LogP contribution in [0.3, 0.4) is 0 Å². The van der Waals surface area contributed by atoms with Gasteiger partial charge >= 0.3 is 0 Å². The van der Waals surface area contributed by atoms with Crippen molar-refractivity contribution in [3.8, 4) is 0 Å². The van der Waals surface area contributed by atoms with Crippen molar-refractivity contribution in [3.05, 3.63) is 76.9 Å². The van der Waals surface area contributed by atoms with E-state index in [-0.39, 0.29) is 16.7 Å². The summed E-state index contributed by atoms with van der Waals surface area (Å²) in [5.41, 5.74) is 2.68. The highest BCUT2D eigenvalue weighted by Gasteiger charge is 2.45. The fourth-order valence-corrected chi connectivity index (χ4v) is 3.93.